The second-order valence-corrected chi connectivity index (χ2v) is 13.4. The molecule has 2 unspecified atom stereocenters. The van der Waals surface area contributed by atoms with Crippen molar-refractivity contribution in [3.05, 3.63) is 52.3 Å². The summed E-state index contributed by atoms with van der Waals surface area (Å²) in [6, 6.07) is 3.91. The van der Waals surface area contributed by atoms with Crippen molar-refractivity contribution in [1.29, 1.82) is 0 Å². The maximum absolute atomic E-state index is 14.3. The van der Waals surface area contributed by atoms with E-state index in [2.05, 4.69) is 21.4 Å². The number of nitrogens with zero attached hydrogens (tertiary/aromatic N) is 4. The minimum absolute atomic E-state index is 0.00380. The normalized spacial score (nSPS) is 33.0. The highest BCUT2D eigenvalue weighted by molar-refractivity contribution is 5.76. The monoisotopic (exact) mass is 538 g/mol. The summed E-state index contributed by atoms with van der Waals surface area (Å²) in [6.07, 6.45) is 7.29. The number of hydrogen-bond donors (Lipinski definition) is 1. The minimum Gasteiger partial charge on any atom is -0.481 e. The first-order valence-corrected chi connectivity index (χ1v) is 15.0. The highest BCUT2D eigenvalue weighted by Gasteiger charge is 2.58. The zero-order valence-electron chi connectivity index (χ0n) is 22.9. The molecule has 0 bridgehead atoms. The third kappa shape index (κ3) is 4.71. The Bertz CT molecular complexity index is 1240. The van der Waals surface area contributed by atoms with E-state index in [-0.39, 0.29) is 11.8 Å². The molecule has 3 aliphatic heterocycles. The third-order valence-electron chi connectivity index (χ3n) is 10.7. The summed E-state index contributed by atoms with van der Waals surface area (Å²) in [5, 5.41) is 15.0. The molecule has 8 heteroatoms. The average Bonchev–Trinajstić information content (AvgIpc) is 3.26. The van der Waals surface area contributed by atoms with Crippen LogP contribution < -0.4 is 0 Å². The average molecular weight is 539 g/mol. The van der Waals surface area contributed by atoms with Crippen LogP contribution in [0, 0.1) is 41.7 Å². The lowest BCUT2D eigenvalue weighted by molar-refractivity contribution is -0.150. The molecule has 210 valence electrons. The number of aliphatic carboxylic acids is 1. The minimum atomic E-state index is -0.671. The van der Waals surface area contributed by atoms with Crippen molar-refractivity contribution in [2.75, 3.05) is 39.3 Å². The van der Waals surface area contributed by atoms with Gasteiger partial charge in [0.25, 0.3) is 0 Å². The first-order valence-electron chi connectivity index (χ1n) is 15.0. The van der Waals surface area contributed by atoms with E-state index in [0.717, 1.165) is 70.9 Å². The van der Waals surface area contributed by atoms with Crippen molar-refractivity contribution in [1.82, 2.24) is 19.6 Å². The summed E-state index contributed by atoms with van der Waals surface area (Å²) < 4.78 is 30.7. The molecule has 0 spiro atoms. The van der Waals surface area contributed by atoms with Crippen LogP contribution in [0.4, 0.5) is 8.78 Å². The number of rotatable bonds is 7. The van der Waals surface area contributed by atoms with Crippen LogP contribution >= 0.6 is 0 Å². The zero-order chi connectivity index (χ0) is 26.9. The summed E-state index contributed by atoms with van der Waals surface area (Å²) in [5.41, 5.74) is 4.17. The molecule has 0 radical (unpaired) electrons. The topological polar surface area (TPSA) is 61.6 Å². The molecule has 1 aromatic heterocycles. The lowest BCUT2D eigenvalue weighted by Gasteiger charge is -2.35. The van der Waals surface area contributed by atoms with Crippen LogP contribution in [-0.4, -0.2) is 69.9 Å². The van der Waals surface area contributed by atoms with Gasteiger partial charge >= 0.3 is 5.97 Å². The highest BCUT2D eigenvalue weighted by Crippen LogP contribution is 2.60. The Kier molecular flexibility index (Phi) is 6.34. The lowest BCUT2D eigenvalue weighted by atomic mass is 9.82. The van der Waals surface area contributed by atoms with Crippen LogP contribution in [0.5, 0.6) is 0 Å². The van der Waals surface area contributed by atoms with Gasteiger partial charge < -0.3 is 14.9 Å². The van der Waals surface area contributed by atoms with Gasteiger partial charge in [0, 0.05) is 50.4 Å². The number of piperidine rings is 1. The molecule has 2 aliphatic carbocycles. The predicted octanol–water partition coefficient (Wildman–Crippen LogP) is 4.81. The molecule has 5 aliphatic rings. The molecule has 1 N–H and O–H groups in total. The van der Waals surface area contributed by atoms with E-state index >= 15 is 0 Å². The number of carboxylic acid groups (broad SMARTS) is 1. The van der Waals surface area contributed by atoms with Gasteiger partial charge in [-0.2, -0.15) is 5.10 Å². The third-order valence-corrected chi connectivity index (χ3v) is 10.7. The Morgan fingerprint density at radius 1 is 1.05 bits per heavy atom. The molecule has 2 saturated carbocycles. The highest BCUT2D eigenvalue weighted by atomic mass is 19.1. The fourth-order valence-corrected chi connectivity index (χ4v) is 8.89. The van der Waals surface area contributed by atoms with E-state index in [4.69, 9.17) is 5.10 Å². The molecule has 7 rings (SSSR count). The van der Waals surface area contributed by atoms with Gasteiger partial charge in [-0.1, -0.05) is 0 Å². The fourth-order valence-electron chi connectivity index (χ4n) is 8.89. The Labute approximate surface area is 229 Å². The van der Waals surface area contributed by atoms with E-state index in [1.807, 2.05) is 0 Å². The smallest absolute Gasteiger partial charge is 0.310 e. The van der Waals surface area contributed by atoms with E-state index in [1.54, 1.807) is 0 Å². The van der Waals surface area contributed by atoms with Gasteiger partial charge in [-0.25, -0.2) is 8.78 Å². The van der Waals surface area contributed by atoms with Crippen LogP contribution in [-0.2, 0) is 17.8 Å². The number of aromatic nitrogens is 2. The molecular formula is C31H40F2N4O2. The second kappa shape index (κ2) is 9.65. The first kappa shape index (κ1) is 25.6. The van der Waals surface area contributed by atoms with Crippen LogP contribution in [0.25, 0.3) is 0 Å². The SMILES string of the molecule is Cc1nn2c(c1C1CCN(C[C@H]3CN(CC4(C(=O)O)CC5CC5C4)C[C@@H]3c3cc(F)cc(F)c3)CC1)CCC2. The van der Waals surface area contributed by atoms with Gasteiger partial charge in [-0.05, 0) is 112 Å². The van der Waals surface area contributed by atoms with Crippen molar-refractivity contribution in [2.24, 2.45) is 23.2 Å². The standard InChI is InChI=1S/C31H40F2N4O2/c1-19-29(28-3-2-6-37(28)34-19)20-4-7-35(8-5-20)15-24-16-36(17-27(24)21-10-25(32)12-26(33)11-21)18-31(30(38)39)13-22-9-23(22)14-31/h10-12,20,22-24,27H,2-9,13-18H2,1H3,(H,38,39)/t22?,23?,24-,27+,31?/m0/s1. The van der Waals surface area contributed by atoms with Crippen LogP contribution in [0.1, 0.15) is 72.9 Å². The number of fused-ring (bicyclic) bond motifs is 2. The van der Waals surface area contributed by atoms with Crippen molar-refractivity contribution in [2.45, 2.75) is 70.3 Å². The fraction of sp³-hybridized carbons (Fsp3) is 0.677. The number of aryl methyl sites for hydroxylation is 2. The van der Waals surface area contributed by atoms with Crippen molar-refractivity contribution >= 4 is 5.97 Å². The quantitative estimate of drug-likeness (QED) is 0.548. The molecule has 4 atom stereocenters. The molecule has 0 amide bonds. The van der Waals surface area contributed by atoms with Crippen LogP contribution in [0.2, 0.25) is 0 Å². The lowest BCUT2D eigenvalue weighted by Crippen LogP contribution is -2.42. The van der Waals surface area contributed by atoms with E-state index in [9.17, 15) is 18.7 Å². The number of likely N-dealkylation sites (tertiary alicyclic amines) is 2. The maximum Gasteiger partial charge on any atom is 0.310 e. The van der Waals surface area contributed by atoms with E-state index in [1.165, 1.54) is 41.9 Å². The molecule has 6 nitrogen and oxygen atoms in total. The van der Waals surface area contributed by atoms with Gasteiger partial charge in [0.15, 0.2) is 0 Å². The molecule has 4 fully saturated rings. The molecule has 1 aromatic carbocycles. The largest absolute Gasteiger partial charge is 0.481 e. The summed E-state index contributed by atoms with van der Waals surface area (Å²) >= 11 is 0. The summed E-state index contributed by atoms with van der Waals surface area (Å²) in [5.74, 6) is 0.179. The summed E-state index contributed by atoms with van der Waals surface area (Å²) in [4.78, 5) is 17.2. The van der Waals surface area contributed by atoms with Gasteiger partial charge in [-0.3, -0.25) is 9.48 Å². The summed E-state index contributed by atoms with van der Waals surface area (Å²) in [6.45, 7) is 8.09. The molecule has 2 aromatic rings. The van der Waals surface area contributed by atoms with E-state index < -0.39 is 23.0 Å². The van der Waals surface area contributed by atoms with Gasteiger partial charge in [0.1, 0.15) is 11.6 Å². The first-order chi connectivity index (χ1) is 18.8. The van der Waals surface area contributed by atoms with Crippen molar-refractivity contribution in [3.8, 4) is 0 Å². The van der Waals surface area contributed by atoms with Crippen molar-refractivity contribution < 1.29 is 18.7 Å². The van der Waals surface area contributed by atoms with Gasteiger partial charge in [0.05, 0.1) is 11.1 Å². The maximum atomic E-state index is 14.3. The van der Waals surface area contributed by atoms with Crippen LogP contribution in [0.15, 0.2) is 18.2 Å². The molecule has 2 saturated heterocycles. The Morgan fingerprint density at radius 2 is 1.77 bits per heavy atom. The molecular weight excluding hydrogens is 498 g/mol. The van der Waals surface area contributed by atoms with Crippen LogP contribution in [0.3, 0.4) is 0 Å². The number of carboxylic acids is 1. The number of benzene rings is 1. The predicted molar refractivity (Wildman–Crippen MR) is 144 cm³/mol. The molecule has 39 heavy (non-hydrogen) atoms. The second-order valence-electron chi connectivity index (χ2n) is 13.4. The van der Waals surface area contributed by atoms with Crippen molar-refractivity contribution in [3.63, 3.8) is 0 Å². The zero-order valence-corrected chi connectivity index (χ0v) is 22.9. The molecule has 4 heterocycles. The number of carbonyl (C=O) groups is 1. The Morgan fingerprint density at radius 3 is 2.46 bits per heavy atom. The summed E-state index contributed by atoms with van der Waals surface area (Å²) in [7, 11) is 0. The van der Waals surface area contributed by atoms with Gasteiger partial charge in [-0.15, -0.1) is 0 Å². The Hall–Kier alpha value is -2.32. The van der Waals surface area contributed by atoms with Gasteiger partial charge in [0.2, 0.25) is 0 Å². The number of halogens is 2. The number of hydrogen-bond acceptors (Lipinski definition) is 4. The Balaban J connectivity index is 1.06. The van der Waals surface area contributed by atoms with E-state index in [0.29, 0.717) is 36.4 Å².